The van der Waals surface area contributed by atoms with E-state index >= 15 is 0 Å². The van der Waals surface area contributed by atoms with Gasteiger partial charge in [0, 0.05) is 0 Å². The van der Waals surface area contributed by atoms with E-state index in [0.717, 1.165) is 12.0 Å². The number of carboxylic acid groups (broad SMARTS) is 1. The second-order valence-electron chi connectivity index (χ2n) is 4.17. The van der Waals surface area contributed by atoms with E-state index in [2.05, 4.69) is 25.1 Å². The number of aromatic carboxylic acids is 1. The maximum atomic E-state index is 10.9. The van der Waals surface area contributed by atoms with Crippen LogP contribution in [0.25, 0.3) is 0 Å². The van der Waals surface area contributed by atoms with Gasteiger partial charge >= 0.3 is 5.97 Å². The largest absolute Gasteiger partial charge is 0.478 e. The monoisotopic (exact) mass is 226 g/mol. The van der Waals surface area contributed by atoms with Gasteiger partial charge in [0.25, 0.3) is 0 Å². The first-order valence-corrected chi connectivity index (χ1v) is 5.53. The van der Waals surface area contributed by atoms with Gasteiger partial charge in [-0.05, 0) is 36.6 Å². The molecule has 0 spiro atoms. The Morgan fingerprint density at radius 1 is 1.06 bits per heavy atom. The molecule has 0 heterocycles. The van der Waals surface area contributed by atoms with Gasteiger partial charge < -0.3 is 5.11 Å². The van der Waals surface area contributed by atoms with Crippen molar-refractivity contribution in [3.63, 3.8) is 0 Å². The van der Waals surface area contributed by atoms with Gasteiger partial charge in [0.05, 0.1) is 5.56 Å². The number of carbonyl (C=O) groups is 1. The minimum Gasteiger partial charge on any atom is -0.478 e. The SMILES string of the molecule is Cc1cccc(Cc2cccc(C(=O)O)c2)c1. The zero-order chi connectivity index (χ0) is 12.3. The third kappa shape index (κ3) is 2.94. The molecule has 2 aromatic carbocycles. The first kappa shape index (κ1) is 11.4. The quantitative estimate of drug-likeness (QED) is 0.872. The fourth-order valence-corrected chi connectivity index (χ4v) is 1.87. The molecule has 2 aromatic rings. The topological polar surface area (TPSA) is 37.3 Å². The molecule has 0 radical (unpaired) electrons. The number of hydrogen-bond donors (Lipinski definition) is 1. The van der Waals surface area contributed by atoms with Crippen LogP contribution in [0, 0.1) is 6.92 Å². The molecule has 0 fully saturated rings. The van der Waals surface area contributed by atoms with Gasteiger partial charge in [0.2, 0.25) is 0 Å². The molecule has 0 saturated heterocycles. The maximum Gasteiger partial charge on any atom is 0.335 e. The van der Waals surface area contributed by atoms with Gasteiger partial charge in [0.1, 0.15) is 0 Å². The average molecular weight is 226 g/mol. The third-order valence-electron chi connectivity index (χ3n) is 2.66. The van der Waals surface area contributed by atoms with Crippen molar-refractivity contribution >= 4 is 5.97 Å². The Hall–Kier alpha value is -2.09. The van der Waals surface area contributed by atoms with Crippen molar-refractivity contribution in [2.75, 3.05) is 0 Å². The van der Waals surface area contributed by atoms with Crippen molar-refractivity contribution in [2.24, 2.45) is 0 Å². The molecule has 86 valence electrons. The van der Waals surface area contributed by atoms with E-state index in [0.29, 0.717) is 5.56 Å². The summed E-state index contributed by atoms with van der Waals surface area (Å²) in [6.07, 6.45) is 0.767. The van der Waals surface area contributed by atoms with Gasteiger partial charge in [-0.15, -0.1) is 0 Å². The van der Waals surface area contributed by atoms with Crippen molar-refractivity contribution in [1.82, 2.24) is 0 Å². The zero-order valence-corrected chi connectivity index (χ0v) is 9.68. The summed E-state index contributed by atoms with van der Waals surface area (Å²) in [6, 6.07) is 15.3. The Labute approximate surface area is 101 Å². The van der Waals surface area contributed by atoms with Gasteiger partial charge in [-0.3, -0.25) is 0 Å². The molecule has 17 heavy (non-hydrogen) atoms. The molecule has 0 unspecified atom stereocenters. The summed E-state index contributed by atoms with van der Waals surface area (Å²) in [6.45, 7) is 2.05. The minimum atomic E-state index is -0.879. The van der Waals surface area contributed by atoms with Crippen LogP contribution in [-0.2, 0) is 6.42 Å². The lowest BCUT2D eigenvalue weighted by atomic mass is 10.0. The van der Waals surface area contributed by atoms with E-state index in [9.17, 15) is 4.79 Å². The molecule has 0 atom stereocenters. The van der Waals surface area contributed by atoms with E-state index in [-0.39, 0.29) is 0 Å². The Bertz CT molecular complexity index is 544. The molecule has 0 saturated carbocycles. The fourth-order valence-electron chi connectivity index (χ4n) is 1.87. The lowest BCUT2D eigenvalue weighted by Gasteiger charge is -2.04. The van der Waals surface area contributed by atoms with Crippen molar-refractivity contribution in [1.29, 1.82) is 0 Å². The first-order chi connectivity index (χ1) is 8.15. The van der Waals surface area contributed by atoms with E-state index in [1.165, 1.54) is 11.1 Å². The number of aryl methyl sites for hydroxylation is 1. The smallest absolute Gasteiger partial charge is 0.335 e. The van der Waals surface area contributed by atoms with E-state index in [4.69, 9.17) is 5.11 Å². The summed E-state index contributed by atoms with van der Waals surface area (Å²) in [5.74, 6) is -0.879. The van der Waals surface area contributed by atoms with Crippen LogP contribution in [0.2, 0.25) is 0 Å². The normalized spacial score (nSPS) is 10.2. The molecular weight excluding hydrogens is 212 g/mol. The highest BCUT2D eigenvalue weighted by molar-refractivity contribution is 5.87. The fraction of sp³-hybridized carbons (Fsp3) is 0.133. The number of benzene rings is 2. The molecule has 1 N–H and O–H groups in total. The van der Waals surface area contributed by atoms with Crippen LogP contribution < -0.4 is 0 Å². The lowest BCUT2D eigenvalue weighted by molar-refractivity contribution is 0.0697. The van der Waals surface area contributed by atoms with Crippen molar-refractivity contribution in [3.8, 4) is 0 Å². The van der Waals surface area contributed by atoms with Crippen molar-refractivity contribution < 1.29 is 9.90 Å². The molecular formula is C15H14O2. The highest BCUT2D eigenvalue weighted by Crippen LogP contribution is 2.12. The molecule has 0 aromatic heterocycles. The van der Waals surface area contributed by atoms with Gasteiger partial charge in [-0.2, -0.15) is 0 Å². The van der Waals surface area contributed by atoms with E-state index < -0.39 is 5.97 Å². The predicted octanol–water partition coefficient (Wildman–Crippen LogP) is 3.28. The van der Waals surface area contributed by atoms with Crippen LogP contribution in [-0.4, -0.2) is 11.1 Å². The Kier molecular flexibility index (Phi) is 3.24. The summed E-state index contributed by atoms with van der Waals surface area (Å²) in [7, 11) is 0. The molecule has 0 bridgehead atoms. The Balaban J connectivity index is 2.24. The molecule has 0 amide bonds. The minimum absolute atomic E-state index is 0.343. The maximum absolute atomic E-state index is 10.9. The second kappa shape index (κ2) is 4.83. The molecule has 2 rings (SSSR count). The van der Waals surface area contributed by atoms with Crippen LogP contribution in [0.5, 0.6) is 0 Å². The van der Waals surface area contributed by atoms with Crippen LogP contribution in [0.1, 0.15) is 27.0 Å². The summed E-state index contributed by atoms with van der Waals surface area (Å²) in [5.41, 5.74) is 3.79. The molecule has 2 nitrogen and oxygen atoms in total. The van der Waals surface area contributed by atoms with Gasteiger partial charge in [-0.1, -0.05) is 42.0 Å². The highest BCUT2D eigenvalue weighted by Gasteiger charge is 2.03. The van der Waals surface area contributed by atoms with Crippen LogP contribution in [0.15, 0.2) is 48.5 Å². The molecule has 0 aliphatic carbocycles. The van der Waals surface area contributed by atoms with E-state index in [1.807, 2.05) is 12.1 Å². The number of carboxylic acids is 1. The predicted molar refractivity (Wildman–Crippen MR) is 67.4 cm³/mol. The lowest BCUT2D eigenvalue weighted by Crippen LogP contribution is -1.97. The van der Waals surface area contributed by atoms with Crippen LogP contribution in [0.3, 0.4) is 0 Å². The van der Waals surface area contributed by atoms with Crippen molar-refractivity contribution in [2.45, 2.75) is 13.3 Å². The molecule has 2 heteroatoms. The summed E-state index contributed by atoms with van der Waals surface area (Å²) < 4.78 is 0. The summed E-state index contributed by atoms with van der Waals surface area (Å²) >= 11 is 0. The summed E-state index contributed by atoms with van der Waals surface area (Å²) in [5, 5.41) is 8.92. The molecule has 0 aliphatic rings. The average Bonchev–Trinajstić information content (AvgIpc) is 2.29. The summed E-state index contributed by atoms with van der Waals surface area (Å²) in [4.78, 5) is 10.9. The Morgan fingerprint density at radius 3 is 2.35 bits per heavy atom. The van der Waals surface area contributed by atoms with Crippen molar-refractivity contribution in [3.05, 3.63) is 70.8 Å². The van der Waals surface area contributed by atoms with Crippen LogP contribution in [0.4, 0.5) is 0 Å². The first-order valence-electron chi connectivity index (χ1n) is 5.53. The van der Waals surface area contributed by atoms with E-state index in [1.54, 1.807) is 18.2 Å². The number of rotatable bonds is 3. The third-order valence-corrected chi connectivity index (χ3v) is 2.66. The number of hydrogen-bond acceptors (Lipinski definition) is 1. The van der Waals surface area contributed by atoms with Gasteiger partial charge in [0.15, 0.2) is 0 Å². The Morgan fingerprint density at radius 2 is 1.71 bits per heavy atom. The second-order valence-corrected chi connectivity index (χ2v) is 4.17. The van der Waals surface area contributed by atoms with Crippen LogP contribution >= 0.6 is 0 Å². The molecule has 0 aliphatic heterocycles. The standard InChI is InChI=1S/C15H14O2/c1-11-4-2-5-12(8-11)9-13-6-3-7-14(10-13)15(16)17/h2-8,10H,9H2,1H3,(H,16,17). The highest BCUT2D eigenvalue weighted by atomic mass is 16.4. The van der Waals surface area contributed by atoms with Gasteiger partial charge in [-0.25, -0.2) is 4.79 Å². The zero-order valence-electron chi connectivity index (χ0n) is 9.68.